The first-order valence-electron chi connectivity index (χ1n) is 10.9. The van der Waals surface area contributed by atoms with E-state index >= 15 is 0 Å². The summed E-state index contributed by atoms with van der Waals surface area (Å²) in [5.41, 5.74) is 7.28. The molecule has 10 heteroatoms. The molecule has 2 aromatic rings. The summed E-state index contributed by atoms with van der Waals surface area (Å²) in [6.45, 7) is 5.25. The molecule has 1 amide bonds. The lowest BCUT2D eigenvalue weighted by molar-refractivity contribution is 0.0996. The molecule has 174 valence electrons. The number of nitrogens with zero attached hydrogens (tertiary/aromatic N) is 2. The van der Waals surface area contributed by atoms with Gasteiger partial charge in [-0.05, 0) is 56.7 Å². The number of nitrogens with two attached hydrogens (primary N) is 1. The molecule has 5 N–H and O–H groups in total. The van der Waals surface area contributed by atoms with Crippen molar-refractivity contribution in [2.45, 2.75) is 69.9 Å². The normalized spacial score (nSPS) is 18.9. The third kappa shape index (κ3) is 5.36. The number of hydrogen-bond acceptors (Lipinski definition) is 8. The minimum atomic E-state index is -3.41. The van der Waals surface area contributed by atoms with E-state index < -0.39 is 15.7 Å². The number of rotatable bonds is 8. The van der Waals surface area contributed by atoms with Gasteiger partial charge in [0.1, 0.15) is 5.82 Å². The predicted molar refractivity (Wildman–Crippen MR) is 124 cm³/mol. The fourth-order valence-electron chi connectivity index (χ4n) is 3.81. The number of hydrogen-bond donors (Lipinski definition) is 4. The molecule has 9 nitrogen and oxygen atoms in total. The number of nitrogens with one attached hydrogen (secondary N) is 2. The number of amides is 1. The summed E-state index contributed by atoms with van der Waals surface area (Å²) in [6.07, 6.45) is 3.33. The first-order chi connectivity index (χ1) is 15.1. The number of aliphatic hydroxyl groups excluding tert-OH is 1. The van der Waals surface area contributed by atoms with Crippen LogP contribution in [0.15, 0.2) is 23.1 Å². The van der Waals surface area contributed by atoms with E-state index in [1.165, 1.54) is 6.07 Å². The minimum absolute atomic E-state index is 0.00746. The average Bonchev–Trinajstić information content (AvgIpc) is 2.76. The molecule has 0 saturated heterocycles. The summed E-state index contributed by atoms with van der Waals surface area (Å²) in [7, 11) is -3.41. The van der Waals surface area contributed by atoms with Gasteiger partial charge in [0.2, 0.25) is 0 Å². The lowest BCUT2D eigenvalue weighted by Crippen LogP contribution is -2.29. The van der Waals surface area contributed by atoms with Gasteiger partial charge in [-0.15, -0.1) is 0 Å². The van der Waals surface area contributed by atoms with Crippen molar-refractivity contribution >= 4 is 33.1 Å². The van der Waals surface area contributed by atoms with Crippen LogP contribution in [0, 0.1) is 6.92 Å². The predicted octanol–water partition coefficient (Wildman–Crippen LogP) is 2.70. The zero-order valence-corrected chi connectivity index (χ0v) is 19.5. The Morgan fingerprint density at radius 3 is 2.44 bits per heavy atom. The smallest absolute Gasteiger partial charge is 0.271 e. The highest BCUT2D eigenvalue weighted by Gasteiger charge is 2.23. The highest BCUT2D eigenvalue weighted by molar-refractivity contribution is 7.91. The number of primary amides is 1. The summed E-state index contributed by atoms with van der Waals surface area (Å²) in [6, 6.07) is 5.10. The molecule has 1 aliphatic carbocycles. The summed E-state index contributed by atoms with van der Waals surface area (Å²) in [5, 5.41) is 16.2. The first-order valence-corrected chi connectivity index (χ1v) is 12.6. The van der Waals surface area contributed by atoms with E-state index in [-0.39, 0.29) is 34.3 Å². The molecule has 32 heavy (non-hydrogen) atoms. The lowest BCUT2D eigenvalue weighted by Gasteiger charge is -2.27. The molecular formula is C22H31N5O4S. The highest BCUT2D eigenvalue weighted by Crippen LogP contribution is 2.28. The summed E-state index contributed by atoms with van der Waals surface area (Å²) in [5.74, 6) is -0.0267. The quantitative estimate of drug-likeness (QED) is 0.469. The zero-order chi connectivity index (χ0) is 23.5. The largest absolute Gasteiger partial charge is 0.393 e. The van der Waals surface area contributed by atoms with Gasteiger partial charge in [-0.3, -0.25) is 4.79 Å². The Kier molecular flexibility index (Phi) is 7.35. The van der Waals surface area contributed by atoms with Gasteiger partial charge < -0.3 is 21.5 Å². The molecular weight excluding hydrogens is 430 g/mol. The molecule has 0 aliphatic heterocycles. The Labute approximate surface area is 188 Å². The number of carbonyl (C=O) groups is 1. The van der Waals surface area contributed by atoms with Crippen LogP contribution in [0.25, 0.3) is 0 Å². The van der Waals surface area contributed by atoms with Crippen LogP contribution in [-0.2, 0) is 16.3 Å². The second-order valence-corrected chi connectivity index (χ2v) is 10.3. The average molecular weight is 462 g/mol. The lowest BCUT2D eigenvalue weighted by atomic mass is 9.93. The van der Waals surface area contributed by atoms with E-state index in [9.17, 15) is 18.3 Å². The Hall–Kier alpha value is -2.72. The van der Waals surface area contributed by atoms with Crippen LogP contribution < -0.4 is 16.4 Å². The van der Waals surface area contributed by atoms with Gasteiger partial charge in [0.15, 0.2) is 21.3 Å². The van der Waals surface area contributed by atoms with E-state index in [1.54, 1.807) is 26.0 Å². The molecule has 1 aromatic heterocycles. The van der Waals surface area contributed by atoms with E-state index in [0.29, 0.717) is 29.2 Å². The SMILES string of the molecule is CCc1nc(C(N)=O)c(Nc2ccc(C)c(S(=O)(=O)CC)c2)nc1NC1CCC(O)CC1. The summed E-state index contributed by atoms with van der Waals surface area (Å²) in [4.78, 5) is 21.4. The van der Waals surface area contributed by atoms with Crippen molar-refractivity contribution < 1.29 is 18.3 Å². The summed E-state index contributed by atoms with van der Waals surface area (Å²) < 4.78 is 24.9. The third-order valence-corrected chi connectivity index (χ3v) is 7.61. The Balaban J connectivity index is 1.98. The molecule has 0 spiro atoms. The van der Waals surface area contributed by atoms with Gasteiger partial charge >= 0.3 is 0 Å². The molecule has 0 radical (unpaired) electrons. The van der Waals surface area contributed by atoms with Crippen molar-refractivity contribution in [1.29, 1.82) is 0 Å². The fourth-order valence-corrected chi connectivity index (χ4v) is 4.99. The number of anilines is 3. The van der Waals surface area contributed by atoms with Crippen molar-refractivity contribution in [3.63, 3.8) is 0 Å². The van der Waals surface area contributed by atoms with E-state index in [2.05, 4.69) is 20.6 Å². The number of sulfone groups is 1. The van der Waals surface area contributed by atoms with E-state index in [4.69, 9.17) is 5.73 Å². The van der Waals surface area contributed by atoms with Crippen LogP contribution >= 0.6 is 0 Å². The second-order valence-electron chi connectivity index (χ2n) is 8.09. The van der Waals surface area contributed by atoms with Gasteiger partial charge in [-0.1, -0.05) is 19.9 Å². The van der Waals surface area contributed by atoms with E-state index in [0.717, 1.165) is 25.7 Å². The van der Waals surface area contributed by atoms with E-state index in [1.807, 2.05) is 6.92 Å². The number of aryl methyl sites for hydroxylation is 2. The zero-order valence-electron chi connectivity index (χ0n) is 18.7. The number of aromatic nitrogens is 2. The van der Waals surface area contributed by atoms with Crippen LogP contribution in [0.2, 0.25) is 0 Å². The number of carbonyl (C=O) groups excluding carboxylic acids is 1. The van der Waals surface area contributed by atoms with Gasteiger partial charge in [0.25, 0.3) is 5.91 Å². The molecule has 0 bridgehead atoms. The van der Waals surface area contributed by atoms with Crippen LogP contribution in [-0.4, -0.2) is 47.3 Å². The first kappa shape index (κ1) is 23.9. The van der Waals surface area contributed by atoms with Gasteiger partial charge in [-0.25, -0.2) is 18.4 Å². The molecule has 0 atom stereocenters. The van der Waals surface area contributed by atoms with Gasteiger partial charge in [0, 0.05) is 11.7 Å². The third-order valence-electron chi connectivity index (χ3n) is 5.74. The van der Waals surface area contributed by atoms with Crippen molar-refractivity contribution in [2.24, 2.45) is 5.73 Å². The second kappa shape index (κ2) is 9.83. The Morgan fingerprint density at radius 1 is 1.16 bits per heavy atom. The van der Waals surface area contributed by atoms with Gasteiger partial charge in [0.05, 0.1) is 22.4 Å². The number of benzene rings is 1. The van der Waals surface area contributed by atoms with Crippen molar-refractivity contribution in [3.05, 3.63) is 35.2 Å². The molecule has 1 heterocycles. The maximum Gasteiger partial charge on any atom is 0.271 e. The van der Waals surface area contributed by atoms with Crippen LogP contribution in [0.4, 0.5) is 17.3 Å². The monoisotopic (exact) mass is 461 g/mol. The van der Waals surface area contributed by atoms with Crippen LogP contribution in [0.1, 0.15) is 61.3 Å². The van der Waals surface area contributed by atoms with Crippen molar-refractivity contribution in [3.8, 4) is 0 Å². The summed E-state index contributed by atoms with van der Waals surface area (Å²) >= 11 is 0. The van der Waals surface area contributed by atoms with Gasteiger partial charge in [-0.2, -0.15) is 0 Å². The maximum absolute atomic E-state index is 12.4. The molecule has 1 fully saturated rings. The van der Waals surface area contributed by atoms with Crippen molar-refractivity contribution in [1.82, 2.24) is 9.97 Å². The standard InChI is InChI=1S/C22H31N5O4S/c1-4-17-21(24-14-8-10-16(28)11-9-14)27-22(19(26-17)20(23)29)25-15-7-6-13(3)18(12-15)32(30,31)5-2/h6-7,12,14,16,28H,4-5,8-11H2,1-3H3,(H2,23,29)(H2,24,25,27). The van der Waals surface area contributed by atoms with Crippen LogP contribution in [0.3, 0.4) is 0 Å². The molecule has 3 rings (SSSR count). The molecule has 1 aliphatic rings. The molecule has 1 aromatic carbocycles. The topological polar surface area (TPSA) is 147 Å². The van der Waals surface area contributed by atoms with Crippen LogP contribution in [0.5, 0.6) is 0 Å². The Bertz CT molecular complexity index is 1100. The molecule has 1 saturated carbocycles. The number of aliphatic hydroxyl groups is 1. The van der Waals surface area contributed by atoms with Crippen molar-refractivity contribution in [2.75, 3.05) is 16.4 Å². The molecule has 0 unspecified atom stereocenters. The Morgan fingerprint density at radius 2 is 1.84 bits per heavy atom. The fraction of sp³-hybridized carbons (Fsp3) is 0.500. The maximum atomic E-state index is 12.4. The highest BCUT2D eigenvalue weighted by atomic mass is 32.2. The minimum Gasteiger partial charge on any atom is -0.393 e.